The van der Waals surface area contributed by atoms with Crippen molar-refractivity contribution in [2.45, 2.75) is 37.6 Å². The van der Waals surface area contributed by atoms with Gasteiger partial charge in [-0.05, 0) is 67.0 Å². The van der Waals surface area contributed by atoms with Gasteiger partial charge >= 0.3 is 0 Å². The monoisotopic (exact) mass is 437 g/mol. The molecule has 1 aliphatic heterocycles. The Kier molecular flexibility index (Phi) is 5.39. The lowest BCUT2D eigenvalue weighted by atomic mass is 9.55. The Bertz CT molecular complexity index is 901. The van der Waals surface area contributed by atoms with Crippen molar-refractivity contribution >= 4 is 40.7 Å². The van der Waals surface area contributed by atoms with Crippen molar-refractivity contribution < 1.29 is 9.90 Å². The highest BCUT2D eigenvalue weighted by Crippen LogP contribution is 2.59. The first kappa shape index (κ1) is 20.0. The fraction of sp³-hybridized carbons (Fsp3) is 0.409. The van der Waals surface area contributed by atoms with Crippen LogP contribution in [-0.2, 0) is 4.79 Å². The van der Waals surface area contributed by atoms with E-state index in [1.165, 1.54) is 0 Å². The molecule has 1 saturated heterocycles. The second-order valence-electron chi connectivity index (χ2n) is 7.99. The van der Waals surface area contributed by atoms with E-state index in [4.69, 9.17) is 34.8 Å². The van der Waals surface area contributed by atoms with Gasteiger partial charge in [0.05, 0.1) is 12.0 Å². The Balaban J connectivity index is 1.87. The van der Waals surface area contributed by atoms with Crippen molar-refractivity contribution in [3.8, 4) is 0 Å². The van der Waals surface area contributed by atoms with Gasteiger partial charge in [0.15, 0.2) is 0 Å². The van der Waals surface area contributed by atoms with Crippen molar-refractivity contribution in [2.75, 3.05) is 6.61 Å². The summed E-state index contributed by atoms with van der Waals surface area (Å²) >= 11 is 18.8. The highest BCUT2D eigenvalue weighted by molar-refractivity contribution is 6.35. The molecule has 1 heterocycles. The van der Waals surface area contributed by atoms with Crippen LogP contribution in [-0.4, -0.2) is 23.7 Å². The minimum atomic E-state index is -0.765. The molecule has 5 atom stereocenters. The maximum absolute atomic E-state index is 12.8. The third-order valence-electron chi connectivity index (χ3n) is 6.61. The third-order valence-corrected chi connectivity index (χ3v) is 7.42. The van der Waals surface area contributed by atoms with Crippen LogP contribution < -0.4 is 5.32 Å². The summed E-state index contributed by atoms with van der Waals surface area (Å²) in [6.07, 6.45) is 1.38. The number of aliphatic hydroxyl groups excluding tert-OH is 1. The minimum absolute atomic E-state index is 0.0193. The minimum Gasteiger partial charge on any atom is -0.395 e. The number of benzene rings is 2. The second kappa shape index (κ2) is 7.53. The highest BCUT2D eigenvalue weighted by atomic mass is 35.5. The molecule has 1 saturated carbocycles. The molecule has 28 heavy (non-hydrogen) atoms. The van der Waals surface area contributed by atoms with Gasteiger partial charge in [-0.2, -0.15) is 0 Å². The Labute approximate surface area is 180 Å². The van der Waals surface area contributed by atoms with Crippen LogP contribution in [0, 0.1) is 11.3 Å². The summed E-state index contributed by atoms with van der Waals surface area (Å²) in [5.74, 6) is 0.0420. The lowest BCUT2D eigenvalue weighted by Gasteiger charge is -2.47. The van der Waals surface area contributed by atoms with Crippen LogP contribution in [0.25, 0.3) is 0 Å². The largest absolute Gasteiger partial charge is 0.395 e. The average molecular weight is 439 g/mol. The van der Waals surface area contributed by atoms with E-state index in [0.29, 0.717) is 21.5 Å². The first-order valence-electron chi connectivity index (χ1n) is 9.49. The van der Waals surface area contributed by atoms with E-state index in [1.54, 1.807) is 6.07 Å². The van der Waals surface area contributed by atoms with E-state index in [1.807, 2.05) is 43.3 Å². The SMILES string of the molecule is C[C@H]1NC(=O)[C@]2(CO)CC[C@@H](c3ccc(Cl)cc3Cl)[C@H](c3ccc(Cl)cc3)[C@H]12. The molecule has 2 aromatic carbocycles. The topological polar surface area (TPSA) is 49.3 Å². The van der Waals surface area contributed by atoms with Crippen molar-refractivity contribution in [3.63, 3.8) is 0 Å². The van der Waals surface area contributed by atoms with Gasteiger partial charge in [-0.3, -0.25) is 4.79 Å². The predicted molar refractivity (Wildman–Crippen MR) is 113 cm³/mol. The zero-order chi connectivity index (χ0) is 20.1. The molecule has 0 spiro atoms. The van der Waals surface area contributed by atoms with Crippen LogP contribution in [0.1, 0.15) is 42.7 Å². The number of halogens is 3. The van der Waals surface area contributed by atoms with Crippen LogP contribution in [0.5, 0.6) is 0 Å². The molecule has 0 radical (unpaired) electrons. The fourth-order valence-electron chi connectivity index (χ4n) is 5.38. The first-order chi connectivity index (χ1) is 13.4. The summed E-state index contributed by atoms with van der Waals surface area (Å²) in [7, 11) is 0. The summed E-state index contributed by atoms with van der Waals surface area (Å²) < 4.78 is 0. The lowest BCUT2D eigenvalue weighted by molar-refractivity contribution is -0.134. The van der Waals surface area contributed by atoms with Gasteiger partial charge in [0.25, 0.3) is 0 Å². The number of rotatable bonds is 3. The third kappa shape index (κ3) is 3.13. The van der Waals surface area contributed by atoms with Crippen LogP contribution in [0.3, 0.4) is 0 Å². The van der Waals surface area contributed by atoms with E-state index in [-0.39, 0.29) is 36.3 Å². The Morgan fingerprint density at radius 3 is 2.43 bits per heavy atom. The van der Waals surface area contributed by atoms with Crippen LogP contribution >= 0.6 is 34.8 Å². The molecule has 0 unspecified atom stereocenters. The van der Waals surface area contributed by atoms with E-state index < -0.39 is 5.41 Å². The molecular weight excluding hydrogens is 417 g/mol. The number of hydrogen-bond donors (Lipinski definition) is 2. The van der Waals surface area contributed by atoms with Crippen molar-refractivity contribution in [1.29, 1.82) is 0 Å². The molecule has 148 valence electrons. The molecule has 3 nitrogen and oxygen atoms in total. The van der Waals surface area contributed by atoms with Crippen LogP contribution in [0.15, 0.2) is 42.5 Å². The molecule has 2 aliphatic rings. The van der Waals surface area contributed by atoms with Crippen LogP contribution in [0.4, 0.5) is 0 Å². The van der Waals surface area contributed by atoms with Crippen molar-refractivity contribution in [3.05, 3.63) is 68.7 Å². The number of nitrogens with one attached hydrogen (secondary N) is 1. The molecule has 1 amide bonds. The lowest BCUT2D eigenvalue weighted by Crippen LogP contribution is -2.46. The number of carbonyl (C=O) groups is 1. The Morgan fingerprint density at radius 2 is 1.79 bits per heavy atom. The predicted octanol–water partition coefficient (Wildman–Crippen LogP) is 5.42. The molecule has 6 heteroatoms. The van der Waals surface area contributed by atoms with Gasteiger partial charge in [-0.25, -0.2) is 0 Å². The molecule has 4 rings (SSSR count). The zero-order valence-electron chi connectivity index (χ0n) is 15.5. The highest BCUT2D eigenvalue weighted by Gasteiger charge is 2.60. The molecule has 2 N–H and O–H groups in total. The van der Waals surface area contributed by atoms with Gasteiger partial charge in [0, 0.05) is 27.0 Å². The van der Waals surface area contributed by atoms with E-state index >= 15 is 0 Å². The van der Waals surface area contributed by atoms with E-state index in [9.17, 15) is 9.90 Å². The van der Waals surface area contributed by atoms with Gasteiger partial charge in [0.2, 0.25) is 5.91 Å². The average Bonchev–Trinajstić information content (AvgIpc) is 2.93. The van der Waals surface area contributed by atoms with Crippen LogP contribution in [0.2, 0.25) is 15.1 Å². The maximum Gasteiger partial charge on any atom is 0.229 e. The number of amides is 1. The molecule has 0 aromatic heterocycles. The first-order valence-corrected chi connectivity index (χ1v) is 10.6. The zero-order valence-corrected chi connectivity index (χ0v) is 17.7. The number of aliphatic hydroxyl groups is 1. The normalized spacial score (nSPS) is 32.1. The second-order valence-corrected chi connectivity index (χ2v) is 9.27. The molecule has 0 bridgehead atoms. The molecule has 2 fully saturated rings. The maximum atomic E-state index is 12.8. The van der Waals surface area contributed by atoms with Crippen molar-refractivity contribution in [2.24, 2.45) is 11.3 Å². The summed E-state index contributed by atoms with van der Waals surface area (Å²) in [4.78, 5) is 12.8. The number of carbonyl (C=O) groups excluding carboxylic acids is 1. The summed E-state index contributed by atoms with van der Waals surface area (Å²) in [5, 5.41) is 15.3. The number of fused-ring (bicyclic) bond motifs is 1. The smallest absolute Gasteiger partial charge is 0.229 e. The fourth-order valence-corrected chi connectivity index (χ4v) is 6.05. The Morgan fingerprint density at radius 1 is 1.11 bits per heavy atom. The van der Waals surface area contributed by atoms with Gasteiger partial charge in [-0.15, -0.1) is 0 Å². The van der Waals surface area contributed by atoms with E-state index in [2.05, 4.69) is 5.32 Å². The summed E-state index contributed by atoms with van der Waals surface area (Å²) in [6.45, 7) is 1.87. The van der Waals surface area contributed by atoms with Crippen molar-refractivity contribution in [1.82, 2.24) is 5.32 Å². The summed E-state index contributed by atoms with van der Waals surface area (Å²) in [5.41, 5.74) is 1.37. The van der Waals surface area contributed by atoms with E-state index in [0.717, 1.165) is 17.5 Å². The number of hydrogen-bond acceptors (Lipinski definition) is 2. The summed E-state index contributed by atoms with van der Waals surface area (Å²) in [6, 6.07) is 13.4. The van der Waals surface area contributed by atoms with Gasteiger partial charge in [0.1, 0.15) is 0 Å². The van der Waals surface area contributed by atoms with Gasteiger partial charge < -0.3 is 10.4 Å². The molecular formula is C22H22Cl3NO2. The standard InChI is InChI=1S/C22H22Cl3NO2/c1-12-20-19(13-2-4-14(23)5-3-13)17(16-7-6-15(24)10-18(16)25)8-9-22(20,11-27)21(28)26-12/h2-7,10,12,17,19-20,27H,8-9,11H2,1H3,(H,26,28)/t12-,17+,19+,20+,22+/m1/s1. The molecule has 1 aliphatic carbocycles. The Hall–Kier alpha value is -1.26. The molecule has 2 aromatic rings. The van der Waals surface area contributed by atoms with Gasteiger partial charge in [-0.1, -0.05) is 53.0 Å². The quantitative estimate of drug-likeness (QED) is 0.672.